The Hall–Kier alpha value is -8.41. The lowest BCUT2D eigenvalue weighted by molar-refractivity contribution is -0.142. The highest BCUT2D eigenvalue weighted by molar-refractivity contribution is 5.93. The Morgan fingerprint density at radius 1 is 0.671 bits per heavy atom. The molecule has 5 unspecified atom stereocenters. The van der Waals surface area contributed by atoms with E-state index in [0.29, 0.717) is 69.2 Å². The van der Waals surface area contributed by atoms with Crippen molar-refractivity contribution in [3.63, 3.8) is 0 Å². The topological polar surface area (TPSA) is 204 Å². The zero-order valence-electron chi connectivity index (χ0n) is 49.0. The van der Waals surface area contributed by atoms with Crippen LogP contribution in [0.1, 0.15) is 132 Å². The Balaban J connectivity index is 0.731. The Bertz CT molecular complexity index is 3710. The number of alkyl carbamates (subject to hydrolysis) is 2. The third-order valence-corrected chi connectivity index (χ3v) is 18.3. The van der Waals surface area contributed by atoms with Gasteiger partial charge in [0.05, 0.1) is 35.0 Å². The number of hydrogen-bond acceptors (Lipinski definition) is 9. The molecule has 3 aliphatic carbocycles. The number of nitrogens with one attached hydrogen (secondary N) is 5. The van der Waals surface area contributed by atoms with Gasteiger partial charge >= 0.3 is 12.2 Å². The number of rotatable bonds is 17. The molecule has 5 amide bonds. The number of likely N-dealkylation sites (tertiary alicyclic amines) is 2. The van der Waals surface area contributed by atoms with Crippen molar-refractivity contribution in [2.45, 2.75) is 142 Å². The first-order valence-electron chi connectivity index (χ1n) is 29.9. The second-order valence-electron chi connectivity index (χ2n) is 25.3. The first kappa shape index (κ1) is 57.0. The summed E-state index contributed by atoms with van der Waals surface area (Å²) < 4.78 is 44.9. The van der Waals surface area contributed by atoms with E-state index in [1.807, 2.05) is 143 Å². The Labute approximate surface area is 493 Å². The van der Waals surface area contributed by atoms with Crippen LogP contribution < -0.4 is 16.0 Å². The molecule has 5 aromatic carbocycles. The molecule has 85 heavy (non-hydrogen) atoms. The average Bonchev–Trinajstić information content (AvgIpc) is 2.20. The number of alkyl halides is 2. The van der Waals surface area contributed by atoms with Crippen LogP contribution in [-0.4, -0.2) is 90.4 Å². The largest absolute Gasteiger partial charge is 0.445 e. The number of halogens is 2. The summed E-state index contributed by atoms with van der Waals surface area (Å²) in [7, 11) is 0. The molecule has 2 saturated carbocycles. The first-order valence-corrected chi connectivity index (χ1v) is 29.9. The predicted octanol–water partition coefficient (Wildman–Crippen LogP) is 12.2. The summed E-state index contributed by atoms with van der Waals surface area (Å²) in [6.45, 7) is 13.8. The maximum atomic E-state index is 17.0. The molecule has 7 aromatic rings. The maximum absolute atomic E-state index is 17.0. The predicted molar refractivity (Wildman–Crippen MR) is 317 cm³/mol. The monoisotopic (exact) mass is 1150 g/mol. The molecule has 5 N–H and O–H groups in total. The lowest BCUT2D eigenvalue weighted by atomic mass is 9.95. The van der Waals surface area contributed by atoms with Gasteiger partial charge in [0, 0.05) is 29.3 Å². The number of aryl methyl sites for hydroxylation is 1. The van der Waals surface area contributed by atoms with E-state index in [0.717, 1.165) is 48.8 Å². The molecule has 2 saturated heterocycles. The third-order valence-electron chi connectivity index (χ3n) is 18.3. The molecule has 12 rings (SSSR count). The van der Waals surface area contributed by atoms with Crippen molar-refractivity contribution in [3.8, 4) is 33.5 Å². The van der Waals surface area contributed by atoms with Crippen LogP contribution in [0, 0.1) is 36.0 Å². The van der Waals surface area contributed by atoms with Gasteiger partial charge in [-0.25, -0.2) is 19.6 Å². The van der Waals surface area contributed by atoms with Gasteiger partial charge in [0.1, 0.15) is 43.0 Å². The van der Waals surface area contributed by atoms with Crippen molar-refractivity contribution in [2.75, 3.05) is 6.54 Å². The number of aromatic amines is 2. The SMILES string of the molecule is Cc1ccc(COC(=O)NC(C(=O)NC(C(=O)N2C3CCC(C3)[C@@H]2c2nc3ccc(-c4ccc5c(c4)C(F)(F)c4cc(-c6cnc(C7CC8(CC8)CN7C(=O)[C@@H](NC(=O)OCc7ccccc7)C(C)C)[nH]6)ccc4-5)cc3[nH]2)C(C)C)C(C)C)cc1. The molecule has 5 aliphatic rings. The lowest BCUT2D eigenvalue weighted by Crippen LogP contribution is -2.58. The van der Waals surface area contributed by atoms with E-state index in [-0.39, 0.29) is 77.3 Å². The highest BCUT2D eigenvalue weighted by Gasteiger charge is 2.56. The van der Waals surface area contributed by atoms with E-state index >= 15 is 8.78 Å². The van der Waals surface area contributed by atoms with Crippen molar-refractivity contribution in [1.29, 1.82) is 0 Å². The number of ether oxygens (including phenoxy) is 2. The fourth-order valence-electron chi connectivity index (χ4n) is 13.3. The van der Waals surface area contributed by atoms with Gasteiger partial charge in [0.25, 0.3) is 5.92 Å². The van der Waals surface area contributed by atoms with Crippen LogP contribution in [-0.2, 0) is 43.0 Å². The summed E-state index contributed by atoms with van der Waals surface area (Å²) >= 11 is 0. The van der Waals surface area contributed by atoms with E-state index in [1.54, 1.807) is 24.4 Å². The molecule has 16 nitrogen and oxygen atoms in total. The molecule has 0 radical (unpaired) electrons. The second kappa shape index (κ2) is 22.5. The fourth-order valence-corrected chi connectivity index (χ4v) is 13.3. The minimum Gasteiger partial charge on any atom is -0.445 e. The van der Waals surface area contributed by atoms with Crippen molar-refractivity contribution < 1.29 is 42.2 Å². The van der Waals surface area contributed by atoms with E-state index in [1.165, 1.54) is 6.07 Å². The Kier molecular flexibility index (Phi) is 15.1. The number of amides is 5. The first-order chi connectivity index (χ1) is 40.7. The summed E-state index contributed by atoms with van der Waals surface area (Å²) in [6, 6.07) is 29.4. The molecule has 18 heteroatoms. The van der Waals surface area contributed by atoms with E-state index in [9.17, 15) is 24.0 Å². The minimum absolute atomic E-state index is 0.0301. The molecule has 4 fully saturated rings. The Morgan fingerprint density at radius 2 is 1.27 bits per heavy atom. The highest BCUT2D eigenvalue weighted by Crippen LogP contribution is 2.59. The smallest absolute Gasteiger partial charge is 0.408 e. The van der Waals surface area contributed by atoms with Gasteiger partial charge in [0.15, 0.2) is 0 Å². The summed E-state index contributed by atoms with van der Waals surface area (Å²) in [6.07, 6.45) is 5.43. The molecular weight excluding hydrogens is 1080 g/mol. The standard InChI is InChI=1S/C67H73F2N9O7/c1-36(2)55(75-64(82)85-34-41-15-13-39(7)14-16-41)61(79)74-57(38(5)6)63(81)78-46-21-17-45(27-46)58(78)60-71-51-24-20-43(30-52(51)72-60)42-18-22-47-48-23-19-44(29-50(48)67(68,69)49(47)28-42)53-32-70-59(73-53)54-31-66(25-26-66)35-77(54)62(80)56(37(3)4)76-65(83)84-33-40-11-9-8-10-12-40/h8-16,18-20,22-24,28-30,32,36-38,45-46,54-58H,17,21,25-27,31,33-35H2,1-7H3,(H,70,73)(H,71,72)(H,74,79)(H,75,82)(H,76,83)/t45?,46?,54?,55?,56-,57?,58+/m0/s1. The van der Waals surface area contributed by atoms with Crippen LogP contribution in [0.2, 0.25) is 0 Å². The summed E-state index contributed by atoms with van der Waals surface area (Å²) in [5.41, 5.74) is 7.14. The number of H-pyrrole nitrogens is 2. The van der Waals surface area contributed by atoms with Crippen molar-refractivity contribution in [2.24, 2.45) is 29.1 Å². The number of nitrogens with zero attached hydrogens (tertiary/aromatic N) is 4. The van der Waals surface area contributed by atoms with Crippen molar-refractivity contribution in [1.82, 2.24) is 45.7 Å². The zero-order chi connectivity index (χ0) is 59.6. The summed E-state index contributed by atoms with van der Waals surface area (Å²) in [4.78, 5) is 89.7. The molecule has 1 spiro atoms. The molecule has 4 heterocycles. The minimum atomic E-state index is -3.33. The van der Waals surface area contributed by atoms with Gasteiger partial charge in [-0.3, -0.25) is 14.4 Å². The molecule has 2 aliphatic heterocycles. The lowest BCUT2D eigenvalue weighted by Gasteiger charge is -2.38. The number of fused-ring (bicyclic) bond motifs is 6. The van der Waals surface area contributed by atoms with Gasteiger partial charge in [-0.2, -0.15) is 8.78 Å². The molecule has 2 aromatic heterocycles. The number of hydrogen-bond donors (Lipinski definition) is 5. The van der Waals surface area contributed by atoms with E-state index in [2.05, 4.69) is 25.9 Å². The number of aromatic nitrogens is 4. The molecule has 2 bridgehead atoms. The molecule has 442 valence electrons. The normalized spacial score (nSPS) is 20.6. The van der Waals surface area contributed by atoms with Crippen LogP contribution in [0.3, 0.4) is 0 Å². The van der Waals surface area contributed by atoms with Gasteiger partial charge in [0.2, 0.25) is 17.7 Å². The maximum Gasteiger partial charge on any atom is 0.408 e. The number of imidazole rings is 2. The quantitative estimate of drug-likeness (QED) is 0.0588. The summed E-state index contributed by atoms with van der Waals surface area (Å²) in [5.74, 6) is -3.73. The van der Waals surface area contributed by atoms with Crippen LogP contribution in [0.4, 0.5) is 18.4 Å². The van der Waals surface area contributed by atoms with Crippen LogP contribution in [0.5, 0.6) is 0 Å². The zero-order valence-corrected chi connectivity index (χ0v) is 49.0. The third kappa shape index (κ3) is 11.2. The van der Waals surface area contributed by atoms with E-state index in [4.69, 9.17) is 19.4 Å². The highest BCUT2D eigenvalue weighted by atomic mass is 19.3. The van der Waals surface area contributed by atoms with E-state index < -0.39 is 48.2 Å². The molecular formula is C67H73F2N9O7. The molecule has 7 atom stereocenters. The van der Waals surface area contributed by atoms with Crippen LogP contribution in [0.25, 0.3) is 44.5 Å². The van der Waals surface area contributed by atoms with Gasteiger partial charge in [-0.1, -0.05) is 132 Å². The fraction of sp³-hybridized carbons (Fsp3) is 0.418. The number of piperidine rings is 1. The van der Waals surface area contributed by atoms with Crippen molar-refractivity contribution >= 4 is 40.9 Å². The second-order valence-corrected chi connectivity index (χ2v) is 25.3. The van der Waals surface area contributed by atoms with Gasteiger partial charge in [-0.05, 0) is 132 Å². The average molecular weight is 1150 g/mol. The van der Waals surface area contributed by atoms with Gasteiger partial charge < -0.3 is 45.2 Å². The van der Waals surface area contributed by atoms with Crippen molar-refractivity contribution in [3.05, 3.63) is 155 Å². The summed E-state index contributed by atoms with van der Waals surface area (Å²) in [5, 5.41) is 8.56. The Morgan fingerprint density at radius 3 is 1.93 bits per heavy atom. The number of benzene rings is 5. The van der Waals surface area contributed by atoms with Gasteiger partial charge in [-0.15, -0.1) is 0 Å². The van der Waals surface area contributed by atoms with Crippen LogP contribution >= 0.6 is 0 Å². The van der Waals surface area contributed by atoms with Crippen LogP contribution in [0.15, 0.2) is 115 Å². The number of carbonyl (C=O) groups excluding carboxylic acids is 5. The number of carbonyl (C=O) groups is 5.